The minimum atomic E-state index is -4.47. The van der Waals surface area contributed by atoms with Gasteiger partial charge in [0.2, 0.25) is 15.9 Å². The number of nitrogens with one attached hydrogen (secondary N) is 2. The number of likely N-dealkylation sites (N-methyl/N-ethyl adjacent to an activating group) is 1. The fourth-order valence-corrected chi connectivity index (χ4v) is 2.28. The molecule has 1 aromatic heterocycles. The topological polar surface area (TPSA) is 80.3 Å². The summed E-state index contributed by atoms with van der Waals surface area (Å²) < 4.78 is 66.2. The van der Waals surface area contributed by atoms with Crippen molar-refractivity contribution in [2.45, 2.75) is 18.0 Å². The van der Waals surface area contributed by atoms with Gasteiger partial charge >= 0.3 is 6.18 Å². The molecule has 0 unspecified atom stereocenters. The molecule has 1 heterocycles. The highest BCUT2D eigenvalue weighted by atomic mass is 32.2. The van der Waals surface area contributed by atoms with E-state index in [1.807, 2.05) is 6.92 Å². The second-order valence-corrected chi connectivity index (χ2v) is 5.75. The van der Waals surface area contributed by atoms with Crippen molar-refractivity contribution in [2.24, 2.45) is 0 Å². The van der Waals surface area contributed by atoms with Crippen molar-refractivity contribution in [2.75, 3.05) is 26.2 Å². The molecule has 1 aromatic rings. The third-order valence-electron chi connectivity index (χ3n) is 2.25. The Bertz CT molecular complexity index is 532. The number of rotatable bonds is 8. The molecule has 0 fully saturated rings. The maximum absolute atomic E-state index is 11.9. The normalized spacial score (nSPS) is 12.4. The van der Waals surface area contributed by atoms with Crippen molar-refractivity contribution in [3.05, 3.63) is 18.3 Å². The number of ether oxygens (including phenoxy) is 1. The van der Waals surface area contributed by atoms with Crippen molar-refractivity contribution < 1.29 is 26.3 Å². The Morgan fingerprint density at radius 3 is 2.52 bits per heavy atom. The monoisotopic (exact) mass is 327 g/mol. The van der Waals surface area contributed by atoms with Crippen molar-refractivity contribution in [1.29, 1.82) is 0 Å². The average Bonchev–Trinajstić information content (AvgIpc) is 2.41. The van der Waals surface area contributed by atoms with E-state index in [-0.39, 0.29) is 17.3 Å². The van der Waals surface area contributed by atoms with E-state index in [1.165, 1.54) is 0 Å². The lowest BCUT2D eigenvalue weighted by molar-refractivity contribution is -0.154. The fourth-order valence-electron chi connectivity index (χ4n) is 1.30. The smallest absolute Gasteiger partial charge is 0.422 e. The number of hydrogen-bond donors (Lipinski definition) is 2. The first kappa shape index (κ1) is 17.7. The first-order valence-electron chi connectivity index (χ1n) is 6.10. The Kier molecular flexibility index (Phi) is 6.37. The average molecular weight is 327 g/mol. The summed E-state index contributed by atoms with van der Waals surface area (Å²) in [6.45, 7) is 1.79. The molecule has 10 heteroatoms. The quantitative estimate of drug-likeness (QED) is 0.694. The van der Waals surface area contributed by atoms with E-state index in [4.69, 9.17) is 0 Å². The minimum absolute atomic E-state index is 0.140. The molecule has 0 spiro atoms. The van der Waals surface area contributed by atoms with Crippen LogP contribution >= 0.6 is 0 Å². The summed E-state index contributed by atoms with van der Waals surface area (Å²) >= 11 is 0. The summed E-state index contributed by atoms with van der Waals surface area (Å²) in [4.78, 5) is 3.40. The molecule has 0 saturated heterocycles. The molecule has 120 valence electrons. The van der Waals surface area contributed by atoms with Gasteiger partial charge in [-0.15, -0.1) is 0 Å². The zero-order chi connectivity index (χ0) is 15.9. The Balaban J connectivity index is 2.60. The zero-order valence-electron chi connectivity index (χ0n) is 11.3. The standard InChI is InChI=1S/C11H16F3N3O3S/c1-2-15-5-6-17-21(18,19)9-3-4-10(16-7-9)20-8-11(12,13)14/h3-4,7,15,17H,2,5-6,8H2,1H3. The number of nitrogens with zero attached hydrogens (tertiary/aromatic N) is 1. The molecule has 0 aliphatic heterocycles. The molecule has 6 nitrogen and oxygen atoms in total. The van der Waals surface area contributed by atoms with Crippen LogP contribution in [0.4, 0.5) is 13.2 Å². The summed E-state index contributed by atoms with van der Waals surface area (Å²) in [6.07, 6.45) is -3.53. The van der Waals surface area contributed by atoms with Crippen molar-refractivity contribution >= 4 is 10.0 Å². The maximum atomic E-state index is 11.9. The molecule has 0 radical (unpaired) electrons. The molecule has 21 heavy (non-hydrogen) atoms. The molecule has 0 saturated carbocycles. The highest BCUT2D eigenvalue weighted by molar-refractivity contribution is 7.89. The number of halogens is 3. The fraction of sp³-hybridized carbons (Fsp3) is 0.545. The van der Waals surface area contributed by atoms with E-state index < -0.39 is 22.8 Å². The van der Waals surface area contributed by atoms with Gasteiger partial charge in [0.25, 0.3) is 0 Å². The molecular formula is C11H16F3N3O3S. The molecule has 0 aliphatic carbocycles. The number of aromatic nitrogens is 1. The van der Waals surface area contributed by atoms with Gasteiger partial charge in [-0.1, -0.05) is 6.92 Å². The number of pyridine rings is 1. The zero-order valence-corrected chi connectivity index (χ0v) is 12.1. The van der Waals surface area contributed by atoms with Crippen molar-refractivity contribution in [3.8, 4) is 5.88 Å². The second kappa shape index (κ2) is 7.57. The van der Waals surface area contributed by atoms with Crippen molar-refractivity contribution in [1.82, 2.24) is 15.0 Å². The minimum Gasteiger partial charge on any atom is -0.468 e. The molecule has 2 N–H and O–H groups in total. The van der Waals surface area contributed by atoms with Gasteiger partial charge in [0.1, 0.15) is 4.90 Å². The summed E-state index contributed by atoms with van der Waals surface area (Å²) in [5, 5.41) is 2.94. The Morgan fingerprint density at radius 2 is 2.00 bits per heavy atom. The molecule has 0 bridgehead atoms. The Hall–Kier alpha value is -1.39. The number of hydrogen-bond acceptors (Lipinski definition) is 5. The van der Waals surface area contributed by atoms with E-state index >= 15 is 0 Å². The lowest BCUT2D eigenvalue weighted by atomic mass is 10.5. The summed E-state index contributed by atoms with van der Waals surface area (Å²) in [7, 11) is -3.73. The van der Waals surface area contributed by atoms with Gasteiger partial charge in [-0.2, -0.15) is 13.2 Å². The molecule has 0 aromatic carbocycles. The summed E-state index contributed by atoms with van der Waals surface area (Å²) in [5.41, 5.74) is 0. The number of sulfonamides is 1. The predicted octanol–water partition coefficient (Wildman–Crippen LogP) is 0.911. The van der Waals surface area contributed by atoms with E-state index in [2.05, 4.69) is 19.8 Å². The Morgan fingerprint density at radius 1 is 1.29 bits per heavy atom. The SMILES string of the molecule is CCNCCNS(=O)(=O)c1ccc(OCC(F)(F)F)nc1. The lowest BCUT2D eigenvalue weighted by Gasteiger charge is -2.09. The summed E-state index contributed by atoms with van der Waals surface area (Å²) in [5.74, 6) is -0.293. The lowest BCUT2D eigenvalue weighted by Crippen LogP contribution is -2.31. The van der Waals surface area contributed by atoms with Gasteiger partial charge in [-0.3, -0.25) is 0 Å². The van der Waals surface area contributed by atoms with Crippen LogP contribution in [0.2, 0.25) is 0 Å². The van der Waals surface area contributed by atoms with Crippen LogP contribution in [0, 0.1) is 0 Å². The van der Waals surface area contributed by atoms with Gasteiger partial charge < -0.3 is 10.1 Å². The van der Waals surface area contributed by atoms with Crippen LogP contribution in [-0.4, -0.2) is 45.8 Å². The molecular weight excluding hydrogens is 311 g/mol. The largest absolute Gasteiger partial charge is 0.468 e. The Labute approximate surface area is 120 Å². The van der Waals surface area contributed by atoms with E-state index in [9.17, 15) is 21.6 Å². The van der Waals surface area contributed by atoms with E-state index in [0.717, 1.165) is 18.3 Å². The van der Waals surface area contributed by atoms with Crippen LogP contribution in [-0.2, 0) is 10.0 Å². The molecule has 1 rings (SSSR count). The molecule has 0 amide bonds. The number of alkyl halides is 3. The van der Waals surface area contributed by atoms with Gasteiger partial charge in [0.15, 0.2) is 6.61 Å². The van der Waals surface area contributed by atoms with Crippen LogP contribution in [0.1, 0.15) is 6.92 Å². The third kappa shape index (κ3) is 6.74. The van der Waals surface area contributed by atoms with E-state index in [1.54, 1.807) is 0 Å². The van der Waals surface area contributed by atoms with Crippen LogP contribution in [0.25, 0.3) is 0 Å². The first-order chi connectivity index (χ1) is 9.74. The van der Waals surface area contributed by atoms with Crippen LogP contribution in [0.15, 0.2) is 23.2 Å². The van der Waals surface area contributed by atoms with Gasteiger partial charge in [-0.05, 0) is 12.6 Å². The van der Waals surface area contributed by atoms with Gasteiger partial charge in [-0.25, -0.2) is 18.1 Å². The van der Waals surface area contributed by atoms with Crippen LogP contribution in [0.3, 0.4) is 0 Å². The highest BCUT2D eigenvalue weighted by Crippen LogP contribution is 2.17. The maximum Gasteiger partial charge on any atom is 0.422 e. The predicted molar refractivity (Wildman–Crippen MR) is 69.5 cm³/mol. The van der Waals surface area contributed by atoms with Gasteiger partial charge in [0.05, 0.1) is 6.20 Å². The first-order valence-corrected chi connectivity index (χ1v) is 7.59. The van der Waals surface area contributed by atoms with Crippen LogP contribution < -0.4 is 14.8 Å². The second-order valence-electron chi connectivity index (χ2n) is 3.99. The van der Waals surface area contributed by atoms with Crippen molar-refractivity contribution in [3.63, 3.8) is 0 Å². The summed E-state index contributed by atoms with van der Waals surface area (Å²) in [6, 6.07) is 2.21. The molecule has 0 atom stereocenters. The van der Waals surface area contributed by atoms with E-state index in [0.29, 0.717) is 13.1 Å². The molecule has 0 aliphatic rings. The van der Waals surface area contributed by atoms with Crippen LogP contribution in [0.5, 0.6) is 5.88 Å². The highest BCUT2D eigenvalue weighted by Gasteiger charge is 2.28. The third-order valence-corrected chi connectivity index (χ3v) is 3.69. The van der Waals surface area contributed by atoms with Gasteiger partial charge in [0, 0.05) is 19.2 Å².